The van der Waals surface area contributed by atoms with Gasteiger partial charge in [-0.3, -0.25) is 4.68 Å². The zero-order chi connectivity index (χ0) is 12.5. The third-order valence-corrected chi connectivity index (χ3v) is 3.24. The molecule has 1 aliphatic heterocycles. The predicted octanol–water partition coefficient (Wildman–Crippen LogP) is 2.49. The molecule has 1 aliphatic rings. The molecule has 0 bridgehead atoms. The molecule has 1 unspecified atom stereocenters. The van der Waals surface area contributed by atoms with E-state index in [2.05, 4.69) is 10.4 Å². The van der Waals surface area contributed by atoms with E-state index in [0.29, 0.717) is 0 Å². The molecule has 5 heteroatoms. The zero-order valence-electron chi connectivity index (χ0n) is 10.1. The van der Waals surface area contributed by atoms with Crippen LogP contribution < -0.4 is 10.1 Å². The molecule has 18 heavy (non-hydrogen) atoms. The second-order valence-corrected chi connectivity index (χ2v) is 4.92. The molecular formula is C13H14ClN3O. The summed E-state index contributed by atoms with van der Waals surface area (Å²) in [5.74, 6) is 0.942. The number of fused-ring (bicyclic) bond motifs is 1. The van der Waals surface area contributed by atoms with Gasteiger partial charge in [-0.05, 0) is 23.8 Å². The Kier molecular flexibility index (Phi) is 2.88. The summed E-state index contributed by atoms with van der Waals surface area (Å²) < 4.78 is 7.61. The van der Waals surface area contributed by atoms with E-state index in [4.69, 9.17) is 16.3 Å². The molecule has 2 heterocycles. The predicted molar refractivity (Wildman–Crippen MR) is 71.3 cm³/mol. The van der Waals surface area contributed by atoms with Crippen LogP contribution in [0.1, 0.15) is 5.56 Å². The van der Waals surface area contributed by atoms with Crippen molar-refractivity contribution in [3.8, 4) is 5.75 Å². The van der Waals surface area contributed by atoms with Gasteiger partial charge in [0.25, 0.3) is 0 Å². The third-order valence-electron chi connectivity index (χ3n) is 3.00. The molecule has 1 aromatic heterocycles. The number of anilines is 1. The summed E-state index contributed by atoms with van der Waals surface area (Å²) >= 11 is 5.96. The maximum absolute atomic E-state index is 5.96. The Morgan fingerprint density at radius 3 is 3.22 bits per heavy atom. The van der Waals surface area contributed by atoms with Gasteiger partial charge < -0.3 is 10.1 Å². The van der Waals surface area contributed by atoms with Crippen LogP contribution in [0.2, 0.25) is 5.02 Å². The van der Waals surface area contributed by atoms with Crippen LogP contribution >= 0.6 is 11.6 Å². The van der Waals surface area contributed by atoms with Crippen molar-refractivity contribution in [1.82, 2.24) is 9.78 Å². The van der Waals surface area contributed by atoms with E-state index in [9.17, 15) is 0 Å². The lowest BCUT2D eigenvalue weighted by Crippen LogP contribution is -2.23. The number of aryl methyl sites for hydroxylation is 1. The number of nitrogens with zero attached hydrogens (tertiary/aromatic N) is 2. The van der Waals surface area contributed by atoms with Crippen molar-refractivity contribution in [2.45, 2.75) is 12.5 Å². The number of benzene rings is 1. The van der Waals surface area contributed by atoms with Crippen LogP contribution in [0.4, 0.5) is 5.69 Å². The summed E-state index contributed by atoms with van der Waals surface area (Å²) in [6, 6.07) is 5.76. The Morgan fingerprint density at radius 2 is 2.44 bits per heavy atom. The fourth-order valence-corrected chi connectivity index (χ4v) is 2.34. The maximum Gasteiger partial charge on any atom is 0.123 e. The first-order chi connectivity index (χ1) is 8.70. The lowest BCUT2D eigenvalue weighted by Gasteiger charge is -2.11. The molecule has 0 radical (unpaired) electrons. The monoisotopic (exact) mass is 263 g/mol. The molecular weight excluding hydrogens is 250 g/mol. The standard InChI is InChI=1S/C13H14ClN3O/c1-17-8-11(6-16-17)15-7-12-5-9-4-10(14)2-3-13(9)18-12/h2-4,6,8,12,15H,5,7H2,1H3. The first kappa shape index (κ1) is 11.4. The molecule has 1 aromatic carbocycles. The zero-order valence-corrected chi connectivity index (χ0v) is 10.8. The minimum Gasteiger partial charge on any atom is -0.488 e. The van der Waals surface area contributed by atoms with E-state index >= 15 is 0 Å². The van der Waals surface area contributed by atoms with Crippen LogP contribution in [0.5, 0.6) is 5.75 Å². The van der Waals surface area contributed by atoms with Gasteiger partial charge in [0.15, 0.2) is 0 Å². The molecule has 0 fully saturated rings. The van der Waals surface area contributed by atoms with Crippen LogP contribution in [-0.4, -0.2) is 22.4 Å². The van der Waals surface area contributed by atoms with E-state index in [-0.39, 0.29) is 6.10 Å². The molecule has 1 N–H and O–H groups in total. The van der Waals surface area contributed by atoms with Crippen LogP contribution in [0.25, 0.3) is 0 Å². The van der Waals surface area contributed by atoms with Crippen molar-refractivity contribution in [3.05, 3.63) is 41.2 Å². The number of ether oxygens (including phenoxy) is 1. The van der Waals surface area contributed by atoms with Crippen LogP contribution in [-0.2, 0) is 13.5 Å². The van der Waals surface area contributed by atoms with Crippen LogP contribution in [0.3, 0.4) is 0 Å². The first-order valence-electron chi connectivity index (χ1n) is 5.88. The summed E-state index contributed by atoms with van der Waals surface area (Å²) in [7, 11) is 1.90. The smallest absolute Gasteiger partial charge is 0.123 e. The lowest BCUT2D eigenvalue weighted by molar-refractivity contribution is 0.246. The Morgan fingerprint density at radius 1 is 1.56 bits per heavy atom. The van der Waals surface area contributed by atoms with Gasteiger partial charge in [0.1, 0.15) is 11.9 Å². The molecule has 0 saturated carbocycles. The fourth-order valence-electron chi connectivity index (χ4n) is 2.15. The van der Waals surface area contributed by atoms with Gasteiger partial charge in [-0.1, -0.05) is 11.6 Å². The van der Waals surface area contributed by atoms with Gasteiger partial charge in [-0.2, -0.15) is 5.10 Å². The average molecular weight is 264 g/mol. The number of halogens is 1. The number of nitrogens with one attached hydrogen (secondary N) is 1. The van der Waals surface area contributed by atoms with Crippen molar-refractivity contribution in [3.63, 3.8) is 0 Å². The highest BCUT2D eigenvalue weighted by Crippen LogP contribution is 2.31. The summed E-state index contributed by atoms with van der Waals surface area (Å²) in [5, 5.41) is 8.19. The van der Waals surface area contributed by atoms with Crippen LogP contribution in [0.15, 0.2) is 30.6 Å². The summed E-state index contributed by atoms with van der Waals surface area (Å²) in [6.07, 6.45) is 4.79. The van der Waals surface area contributed by atoms with Gasteiger partial charge in [-0.25, -0.2) is 0 Å². The molecule has 1 atom stereocenters. The second kappa shape index (κ2) is 4.53. The molecule has 3 rings (SSSR count). The van der Waals surface area contributed by atoms with Gasteiger partial charge in [-0.15, -0.1) is 0 Å². The average Bonchev–Trinajstić information content (AvgIpc) is 2.92. The minimum absolute atomic E-state index is 0.152. The second-order valence-electron chi connectivity index (χ2n) is 4.48. The largest absolute Gasteiger partial charge is 0.488 e. The van der Waals surface area contributed by atoms with E-state index in [0.717, 1.165) is 29.4 Å². The highest BCUT2D eigenvalue weighted by atomic mass is 35.5. The molecule has 0 amide bonds. The van der Waals surface area contributed by atoms with Crippen molar-refractivity contribution in [2.75, 3.05) is 11.9 Å². The van der Waals surface area contributed by atoms with Crippen molar-refractivity contribution < 1.29 is 4.74 Å². The first-order valence-corrected chi connectivity index (χ1v) is 6.26. The highest BCUT2D eigenvalue weighted by Gasteiger charge is 2.22. The quantitative estimate of drug-likeness (QED) is 0.925. The van der Waals surface area contributed by atoms with Crippen molar-refractivity contribution in [2.24, 2.45) is 7.05 Å². The fraction of sp³-hybridized carbons (Fsp3) is 0.308. The van der Waals surface area contributed by atoms with Gasteiger partial charge >= 0.3 is 0 Å². The minimum atomic E-state index is 0.152. The molecule has 94 valence electrons. The van der Waals surface area contributed by atoms with E-state index < -0.39 is 0 Å². The molecule has 0 saturated heterocycles. The number of hydrogen-bond acceptors (Lipinski definition) is 3. The normalized spacial score (nSPS) is 17.3. The van der Waals surface area contributed by atoms with E-state index in [1.807, 2.05) is 31.4 Å². The van der Waals surface area contributed by atoms with Gasteiger partial charge in [0.2, 0.25) is 0 Å². The topological polar surface area (TPSA) is 39.1 Å². The lowest BCUT2D eigenvalue weighted by atomic mass is 10.1. The van der Waals surface area contributed by atoms with E-state index in [1.54, 1.807) is 10.9 Å². The highest BCUT2D eigenvalue weighted by molar-refractivity contribution is 6.30. The van der Waals surface area contributed by atoms with Crippen molar-refractivity contribution >= 4 is 17.3 Å². The molecule has 4 nitrogen and oxygen atoms in total. The third kappa shape index (κ3) is 2.29. The Hall–Kier alpha value is -1.68. The molecule has 2 aromatic rings. The number of hydrogen-bond donors (Lipinski definition) is 1. The van der Waals surface area contributed by atoms with Crippen molar-refractivity contribution in [1.29, 1.82) is 0 Å². The SMILES string of the molecule is Cn1cc(NCC2Cc3cc(Cl)ccc3O2)cn1. The Balaban J connectivity index is 1.61. The summed E-state index contributed by atoms with van der Waals surface area (Å²) in [4.78, 5) is 0. The summed E-state index contributed by atoms with van der Waals surface area (Å²) in [6.45, 7) is 0.762. The Labute approximate surface area is 111 Å². The van der Waals surface area contributed by atoms with Gasteiger partial charge in [0, 0.05) is 24.7 Å². The molecule has 0 aliphatic carbocycles. The Bertz CT molecular complexity index is 567. The molecule has 0 spiro atoms. The van der Waals surface area contributed by atoms with Crippen LogP contribution in [0, 0.1) is 0 Å². The maximum atomic E-state index is 5.96. The number of aromatic nitrogens is 2. The summed E-state index contributed by atoms with van der Waals surface area (Å²) in [5.41, 5.74) is 2.19. The van der Waals surface area contributed by atoms with E-state index in [1.165, 1.54) is 5.56 Å². The van der Waals surface area contributed by atoms with Gasteiger partial charge in [0.05, 0.1) is 18.4 Å². The number of rotatable bonds is 3.